The van der Waals surface area contributed by atoms with Crippen LogP contribution in [0.5, 0.6) is 0 Å². The van der Waals surface area contributed by atoms with Crippen molar-refractivity contribution in [1.29, 1.82) is 0 Å². The number of hydrogen-bond donors (Lipinski definition) is 3. The SMILES string of the molecule is Cc1ccnc(NC(C)CN)c1N. The summed E-state index contributed by atoms with van der Waals surface area (Å²) in [6.07, 6.45) is 1.73. The molecule has 0 fully saturated rings. The number of hydrogen-bond acceptors (Lipinski definition) is 4. The molecule has 0 bridgehead atoms. The van der Waals surface area contributed by atoms with Crippen molar-refractivity contribution in [2.24, 2.45) is 5.73 Å². The molecular weight excluding hydrogens is 164 g/mol. The lowest BCUT2D eigenvalue weighted by Crippen LogP contribution is -2.26. The number of anilines is 2. The van der Waals surface area contributed by atoms with Gasteiger partial charge in [-0.25, -0.2) is 4.98 Å². The van der Waals surface area contributed by atoms with Crippen molar-refractivity contribution in [3.05, 3.63) is 17.8 Å². The van der Waals surface area contributed by atoms with E-state index in [9.17, 15) is 0 Å². The standard InChI is InChI=1S/C9H16N4/c1-6-3-4-12-9(8(6)11)13-7(2)5-10/h3-4,7H,5,10-11H2,1-2H3,(H,12,13). The van der Waals surface area contributed by atoms with E-state index < -0.39 is 0 Å². The maximum Gasteiger partial charge on any atom is 0.149 e. The number of aromatic nitrogens is 1. The molecule has 1 atom stereocenters. The van der Waals surface area contributed by atoms with Gasteiger partial charge in [0.2, 0.25) is 0 Å². The van der Waals surface area contributed by atoms with Crippen LogP contribution in [0.3, 0.4) is 0 Å². The average Bonchev–Trinajstić information content (AvgIpc) is 2.13. The van der Waals surface area contributed by atoms with Crippen molar-refractivity contribution >= 4 is 11.5 Å². The number of aryl methyl sites for hydroxylation is 1. The first-order valence-electron chi connectivity index (χ1n) is 4.33. The second-order valence-electron chi connectivity index (χ2n) is 3.17. The maximum absolute atomic E-state index is 5.82. The topological polar surface area (TPSA) is 77.0 Å². The van der Waals surface area contributed by atoms with Crippen molar-refractivity contribution in [1.82, 2.24) is 4.98 Å². The van der Waals surface area contributed by atoms with E-state index >= 15 is 0 Å². The normalized spacial score (nSPS) is 12.5. The van der Waals surface area contributed by atoms with E-state index in [1.165, 1.54) is 0 Å². The van der Waals surface area contributed by atoms with Crippen LogP contribution in [0.25, 0.3) is 0 Å². The zero-order valence-electron chi connectivity index (χ0n) is 8.04. The lowest BCUT2D eigenvalue weighted by molar-refractivity contribution is 0.798. The summed E-state index contributed by atoms with van der Waals surface area (Å²) < 4.78 is 0. The molecule has 72 valence electrons. The van der Waals surface area contributed by atoms with Gasteiger partial charge in [-0.2, -0.15) is 0 Å². The second kappa shape index (κ2) is 4.09. The molecule has 0 radical (unpaired) electrons. The Morgan fingerprint density at radius 2 is 2.31 bits per heavy atom. The minimum Gasteiger partial charge on any atom is -0.396 e. The Bertz CT molecular complexity index is 285. The predicted molar refractivity (Wildman–Crippen MR) is 55.5 cm³/mol. The van der Waals surface area contributed by atoms with Crippen molar-refractivity contribution in [3.63, 3.8) is 0 Å². The third kappa shape index (κ3) is 2.32. The van der Waals surface area contributed by atoms with E-state index in [0.29, 0.717) is 12.2 Å². The Morgan fingerprint density at radius 3 is 2.92 bits per heavy atom. The second-order valence-corrected chi connectivity index (χ2v) is 3.17. The fourth-order valence-electron chi connectivity index (χ4n) is 0.977. The van der Waals surface area contributed by atoms with Gasteiger partial charge < -0.3 is 16.8 Å². The molecule has 0 aliphatic carbocycles. The molecular formula is C9H16N4. The van der Waals surface area contributed by atoms with Crippen LogP contribution in [-0.2, 0) is 0 Å². The minimum absolute atomic E-state index is 0.191. The molecule has 1 unspecified atom stereocenters. The Labute approximate surface area is 78.3 Å². The van der Waals surface area contributed by atoms with Crippen molar-refractivity contribution in [2.75, 3.05) is 17.6 Å². The van der Waals surface area contributed by atoms with E-state index in [4.69, 9.17) is 11.5 Å². The Hall–Kier alpha value is -1.29. The molecule has 1 rings (SSSR count). The number of nitrogens with zero attached hydrogens (tertiary/aromatic N) is 1. The molecule has 1 heterocycles. The summed E-state index contributed by atoms with van der Waals surface area (Å²) in [7, 11) is 0. The molecule has 0 amide bonds. The number of rotatable bonds is 3. The highest BCUT2D eigenvalue weighted by Crippen LogP contribution is 2.18. The zero-order chi connectivity index (χ0) is 9.84. The monoisotopic (exact) mass is 180 g/mol. The third-order valence-corrected chi connectivity index (χ3v) is 1.94. The van der Waals surface area contributed by atoms with Crippen LogP contribution in [0.4, 0.5) is 11.5 Å². The van der Waals surface area contributed by atoms with Gasteiger partial charge in [0.15, 0.2) is 0 Å². The van der Waals surface area contributed by atoms with Gasteiger partial charge in [0, 0.05) is 18.8 Å². The van der Waals surface area contributed by atoms with Crippen molar-refractivity contribution in [3.8, 4) is 0 Å². The van der Waals surface area contributed by atoms with E-state index in [1.54, 1.807) is 6.20 Å². The Morgan fingerprint density at radius 1 is 1.62 bits per heavy atom. The first kappa shape index (κ1) is 9.80. The summed E-state index contributed by atoms with van der Waals surface area (Å²) in [5.74, 6) is 0.720. The summed E-state index contributed by atoms with van der Waals surface area (Å²) in [5, 5.41) is 3.14. The predicted octanol–water partition coefficient (Wildman–Crippen LogP) is 0.731. The van der Waals surface area contributed by atoms with Gasteiger partial charge in [-0.1, -0.05) is 0 Å². The molecule has 1 aromatic rings. The maximum atomic E-state index is 5.82. The highest BCUT2D eigenvalue weighted by atomic mass is 15.0. The average molecular weight is 180 g/mol. The Kier molecular flexibility index (Phi) is 3.08. The third-order valence-electron chi connectivity index (χ3n) is 1.94. The lowest BCUT2D eigenvalue weighted by atomic mass is 10.2. The van der Waals surface area contributed by atoms with Gasteiger partial charge in [-0.15, -0.1) is 0 Å². The summed E-state index contributed by atoms with van der Waals surface area (Å²) >= 11 is 0. The van der Waals surface area contributed by atoms with Gasteiger partial charge in [-0.05, 0) is 25.5 Å². The molecule has 13 heavy (non-hydrogen) atoms. The molecule has 4 nitrogen and oxygen atoms in total. The van der Waals surface area contributed by atoms with Crippen LogP contribution in [0.2, 0.25) is 0 Å². The number of nitrogen functional groups attached to an aromatic ring is 1. The van der Waals surface area contributed by atoms with E-state index in [-0.39, 0.29) is 6.04 Å². The largest absolute Gasteiger partial charge is 0.396 e. The lowest BCUT2D eigenvalue weighted by Gasteiger charge is -2.14. The van der Waals surface area contributed by atoms with Gasteiger partial charge in [0.05, 0.1) is 5.69 Å². The molecule has 0 aromatic carbocycles. The molecule has 0 saturated carbocycles. The quantitative estimate of drug-likeness (QED) is 0.641. The molecule has 0 aliphatic rings. The van der Waals surface area contributed by atoms with E-state index in [1.807, 2.05) is 19.9 Å². The smallest absolute Gasteiger partial charge is 0.149 e. The first-order valence-corrected chi connectivity index (χ1v) is 4.33. The number of nitrogens with two attached hydrogens (primary N) is 2. The fourth-order valence-corrected chi connectivity index (χ4v) is 0.977. The van der Waals surface area contributed by atoms with Gasteiger partial charge in [0.25, 0.3) is 0 Å². The van der Waals surface area contributed by atoms with E-state index in [2.05, 4.69) is 10.3 Å². The summed E-state index contributed by atoms with van der Waals surface area (Å²) in [5.41, 5.74) is 13.0. The summed E-state index contributed by atoms with van der Waals surface area (Å²) in [6.45, 7) is 4.51. The van der Waals surface area contributed by atoms with Gasteiger partial charge >= 0.3 is 0 Å². The summed E-state index contributed by atoms with van der Waals surface area (Å²) in [6, 6.07) is 2.07. The molecule has 1 aromatic heterocycles. The Balaban J connectivity index is 2.83. The summed E-state index contributed by atoms with van der Waals surface area (Å²) in [4.78, 5) is 4.14. The molecule has 0 spiro atoms. The zero-order valence-corrected chi connectivity index (χ0v) is 8.04. The number of nitrogens with one attached hydrogen (secondary N) is 1. The van der Waals surface area contributed by atoms with Crippen LogP contribution in [0.1, 0.15) is 12.5 Å². The van der Waals surface area contributed by atoms with Crippen LogP contribution in [0, 0.1) is 6.92 Å². The highest BCUT2D eigenvalue weighted by molar-refractivity contribution is 5.65. The minimum atomic E-state index is 0.191. The number of pyridine rings is 1. The van der Waals surface area contributed by atoms with Crippen LogP contribution < -0.4 is 16.8 Å². The molecule has 4 heteroatoms. The first-order chi connectivity index (χ1) is 6.15. The highest BCUT2D eigenvalue weighted by Gasteiger charge is 2.05. The van der Waals surface area contributed by atoms with Crippen LogP contribution in [-0.4, -0.2) is 17.6 Å². The van der Waals surface area contributed by atoms with Gasteiger partial charge in [0.1, 0.15) is 5.82 Å². The fraction of sp³-hybridized carbons (Fsp3) is 0.444. The molecule has 0 aliphatic heterocycles. The molecule has 5 N–H and O–H groups in total. The molecule has 0 saturated heterocycles. The van der Waals surface area contributed by atoms with Crippen molar-refractivity contribution in [2.45, 2.75) is 19.9 Å². The van der Waals surface area contributed by atoms with Gasteiger partial charge in [-0.3, -0.25) is 0 Å². The van der Waals surface area contributed by atoms with Crippen LogP contribution >= 0.6 is 0 Å². The van der Waals surface area contributed by atoms with Crippen LogP contribution in [0.15, 0.2) is 12.3 Å². The van der Waals surface area contributed by atoms with E-state index in [0.717, 1.165) is 11.4 Å². The van der Waals surface area contributed by atoms with Crippen molar-refractivity contribution < 1.29 is 0 Å².